The number of anilines is 1. The number of ketones is 2. The van der Waals surface area contributed by atoms with Crippen molar-refractivity contribution in [2.45, 2.75) is 13.8 Å². The second kappa shape index (κ2) is 7.55. The van der Waals surface area contributed by atoms with Gasteiger partial charge >= 0.3 is 0 Å². The molecule has 0 spiro atoms. The number of hydrogen-bond donors (Lipinski definition) is 2. The number of phenolic OH excluding ortho intramolecular Hbond substituents is 1. The van der Waals surface area contributed by atoms with Gasteiger partial charge in [-0.3, -0.25) is 9.59 Å². The summed E-state index contributed by atoms with van der Waals surface area (Å²) in [6.45, 7) is 4.42. The molecule has 6 heteroatoms. The number of fused-ring (bicyclic) bond motifs is 2. The molecule has 0 aromatic heterocycles. The highest BCUT2D eigenvalue weighted by Gasteiger charge is 2.35. The maximum absolute atomic E-state index is 12.9. The molecule has 0 heterocycles. The summed E-state index contributed by atoms with van der Waals surface area (Å²) in [5, 5.41) is 10.4. The average Bonchev–Trinajstić information content (AvgIpc) is 2.74. The van der Waals surface area contributed by atoms with Gasteiger partial charge in [0.2, 0.25) is 0 Å². The number of carbonyl (C=O) groups excluding carboxylic acids is 2. The van der Waals surface area contributed by atoms with Crippen molar-refractivity contribution in [3.8, 4) is 17.2 Å². The summed E-state index contributed by atoms with van der Waals surface area (Å²) in [7, 11) is 0. The lowest BCUT2D eigenvalue weighted by molar-refractivity contribution is 0.0977. The van der Waals surface area contributed by atoms with Crippen LogP contribution in [0, 0.1) is 13.8 Å². The van der Waals surface area contributed by atoms with E-state index >= 15 is 0 Å². The predicted octanol–water partition coefficient (Wildman–Crippen LogP) is 3.82. The van der Waals surface area contributed by atoms with Crippen molar-refractivity contribution >= 4 is 17.3 Å². The number of phenols is 1. The minimum Gasteiger partial charge on any atom is -0.507 e. The molecule has 4 rings (SSSR count). The normalized spacial score (nSPS) is 12.3. The second-order valence-electron chi connectivity index (χ2n) is 7.20. The zero-order valence-electron chi connectivity index (χ0n) is 16.7. The van der Waals surface area contributed by atoms with E-state index in [4.69, 9.17) is 15.2 Å². The largest absolute Gasteiger partial charge is 0.507 e. The Bertz CT molecular complexity index is 1180. The molecule has 0 fully saturated rings. The van der Waals surface area contributed by atoms with E-state index in [-0.39, 0.29) is 52.7 Å². The van der Waals surface area contributed by atoms with E-state index in [1.807, 2.05) is 32.0 Å². The highest BCUT2D eigenvalue weighted by atomic mass is 16.5. The van der Waals surface area contributed by atoms with Crippen LogP contribution >= 0.6 is 0 Å². The first-order valence-electron chi connectivity index (χ1n) is 9.55. The molecule has 3 aromatic rings. The first kappa shape index (κ1) is 19.5. The molecular weight excluding hydrogens is 382 g/mol. The van der Waals surface area contributed by atoms with Crippen LogP contribution in [-0.2, 0) is 0 Å². The van der Waals surface area contributed by atoms with E-state index in [9.17, 15) is 14.7 Å². The quantitative estimate of drug-likeness (QED) is 0.299. The van der Waals surface area contributed by atoms with Gasteiger partial charge in [0.05, 0.1) is 16.8 Å². The number of nitrogen functional groups attached to an aromatic ring is 1. The molecule has 30 heavy (non-hydrogen) atoms. The zero-order valence-corrected chi connectivity index (χ0v) is 16.7. The molecule has 0 saturated heterocycles. The molecular formula is C24H21NO5. The maximum atomic E-state index is 12.9. The standard InChI is InChI=1S/C24H21NO5/c1-13-7-8-15(11-14(13)2)29-9-10-30-19-12-18(26)20-21(22(19)25)24(28)17-6-4-3-5-16(17)23(20)27/h3-8,11-12,26H,9-10,25H2,1-2H3. The fraction of sp³-hybridized carbons (Fsp3) is 0.167. The molecule has 0 unspecified atom stereocenters. The first-order chi connectivity index (χ1) is 14.4. The lowest BCUT2D eigenvalue weighted by Crippen LogP contribution is -2.23. The van der Waals surface area contributed by atoms with Crippen LogP contribution in [0.5, 0.6) is 17.2 Å². The number of ether oxygens (including phenoxy) is 2. The van der Waals surface area contributed by atoms with Crippen LogP contribution < -0.4 is 15.2 Å². The molecule has 152 valence electrons. The van der Waals surface area contributed by atoms with Gasteiger partial charge in [0, 0.05) is 17.2 Å². The summed E-state index contributed by atoms with van der Waals surface area (Å²) < 4.78 is 11.3. The van der Waals surface area contributed by atoms with E-state index in [1.165, 1.54) is 11.6 Å². The van der Waals surface area contributed by atoms with Gasteiger partial charge < -0.3 is 20.3 Å². The number of aryl methyl sites for hydroxylation is 2. The summed E-state index contributed by atoms with van der Waals surface area (Å²) >= 11 is 0. The van der Waals surface area contributed by atoms with Crippen molar-refractivity contribution in [2.24, 2.45) is 0 Å². The number of rotatable bonds is 5. The highest BCUT2D eigenvalue weighted by molar-refractivity contribution is 6.31. The Kier molecular flexibility index (Phi) is 4.91. The Morgan fingerprint density at radius 2 is 1.47 bits per heavy atom. The zero-order chi connectivity index (χ0) is 21.4. The molecule has 0 amide bonds. The molecule has 0 saturated carbocycles. The second-order valence-corrected chi connectivity index (χ2v) is 7.20. The fourth-order valence-corrected chi connectivity index (χ4v) is 3.51. The van der Waals surface area contributed by atoms with E-state index in [2.05, 4.69) is 0 Å². The van der Waals surface area contributed by atoms with Crippen molar-refractivity contribution in [1.82, 2.24) is 0 Å². The summed E-state index contributed by atoms with van der Waals surface area (Å²) in [5.74, 6) is -0.327. The summed E-state index contributed by atoms with van der Waals surface area (Å²) in [6.07, 6.45) is 0. The molecule has 0 aliphatic heterocycles. The fourth-order valence-electron chi connectivity index (χ4n) is 3.51. The Labute approximate surface area is 173 Å². The van der Waals surface area contributed by atoms with Gasteiger partial charge in [0.15, 0.2) is 11.6 Å². The number of benzene rings is 3. The Balaban J connectivity index is 1.54. The maximum Gasteiger partial charge on any atom is 0.198 e. The molecule has 1 aliphatic rings. The van der Waals surface area contributed by atoms with Crippen molar-refractivity contribution in [2.75, 3.05) is 18.9 Å². The molecule has 0 bridgehead atoms. The van der Waals surface area contributed by atoms with Crippen molar-refractivity contribution < 1.29 is 24.2 Å². The summed E-state index contributed by atoms with van der Waals surface area (Å²) in [4.78, 5) is 25.7. The van der Waals surface area contributed by atoms with E-state index < -0.39 is 11.6 Å². The van der Waals surface area contributed by atoms with E-state index in [0.717, 1.165) is 11.3 Å². The molecule has 3 aromatic carbocycles. The molecule has 0 radical (unpaired) electrons. The number of hydrogen-bond acceptors (Lipinski definition) is 6. The molecule has 1 aliphatic carbocycles. The minimum atomic E-state index is -0.436. The summed E-state index contributed by atoms with van der Waals surface area (Å²) in [6, 6.07) is 13.5. The van der Waals surface area contributed by atoms with Gasteiger partial charge in [-0.25, -0.2) is 0 Å². The van der Waals surface area contributed by atoms with Crippen LogP contribution in [0.4, 0.5) is 5.69 Å². The third-order valence-corrected chi connectivity index (χ3v) is 5.27. The lowest BCUT2D eigenvalue weighted by atomic mass is 9.82. The van der Waals surface area contributed by atoms with Crippen LogP contribution in [0.25, 0.3) is 0 Å². The topological polar surface area (TPSA) is 98.8 Å². The van der Waals surface area contributed by atoms with E-state index in [0.29, 0.717) is 0 Å². The van der Waals surface area contributed by atoms with Crippen LogP contribution in [0.1, 0.15) is 43.0 Å². The highest BCUT2D eigenvalue weighted by Crippen LogP contribution is 2.41. The number of aromatic hydroxyl groups is 1. The smallest absolute Gasteiger partial charge is 0.198 e. The van der Waals surface area contributed by atoms with E-state index in [1.54, 1.807) is 24.3 Å². The Morgan fingerprint density at radius 1 is 0.833 bits per heavy atom. The van der Waals surface area contributed by atoms with Gasteiger partial charge in [0.1, 0.15) is 30.5 Å². The van der Waals surface area contributed by atoms with Gasteiger partial charge in [0.25, 0.3) is 0 Å². The third-order valence-electron chi connectivity index (χ3n) is 5.27. The minimum absolute atomic E-state index is 0.0243. The Hall–Kier alpha value is -3.80. The van der Waals surface area contributed by atoms with Gasteiger partial charge in [-0.2, -0.15) is 0 Å². The summed E-state index contributed by atoms with van der Waals surface area (Å²) in [5.41, 5.74) is 8.89. The lowest BCUT2D eigenvalue weighted by Gasteiger charge is -2.21. The van der Waals surface area contributed by atoms with Gasteiger partial charge in [-0.1, -0.05) is 30.3 Å². The van der Waals surface area contributed by atoms with Gasteiger partial charge in [-0.15, -0.1) is 0 Å². The number of carbonyl (C=O) groups is 2. The Morgan fingerprint density at radius 3 is 2.13 bits per heavy atom. The average molecular weight is 403 g/mol. The molecule has 3 N–H and O–H groups in total. The monoisotopic (exact) mass is 403 g/mol. The van der Waals surface area contributed by atoms with Crippen LogP contribution in [-0.4, -0.2) is 29.9 Å². The van der Waals surface area contributed by atoms with Crippen molar-refractivity contribution in [1.29, 1.82) is 0 Å². The van der Waals surface area contributed by atoms with Crippen LogP contribution in [0.3, 0.4) is 0 Å². The SMILES string of the molecule is Cc1ccc(OCCOc2cc(O)c3c(c2N)C(=O)c2ccccc2C3=O)cc1C. The number of nitrogens with two attached hydrogens (primary N) is 1. The molecule has 6 nitrogen and oxygen atoms in total. The first-order valence-corrected chi connectivity index (χ1v) is 9.55. The van der Waals surface area contributed by atoms with Crippen LogP contribution in [0.2, 0.25) is 0 Å². The molecule has 0 atom stereocenters. The van der Waals surface area contributed by atoms with Crippen molar-refractivity contribution in [3.63, 3.8) is 0 Å². The third kappa shape index (κ3) is 3.26. The van der Waals surface area contributed by atoms with Crippen molar-refractivity contribution in [3.05, 3.63) is 81.9 Å². The van der Waals surface area contributed by atoms with Crippen LogP contribution in [0.15, 0.2) is 48.5 Å². The predicted molar refractivity (Wildman–Crippen MR) is 113 cm³/mol. The van der Waals surface area contributed by atoms with Gasteiger partial charge in [-0.05, 0) is 37.1 Å².